The summed E-state index contributed by atoms with van der Waals surface area (Å²) in [5, 5.41) is 3.71. The summed E-state index contributed by atoms with van der Waals surface area (Å²) in [5.41, 5.74) is 1.26. The summed E-state index contributed by atoms with van der Waals surface area (Å²) in [7, 11) is 1.60. The largest absolute Gasteiger partial charge is 0.497 e. The number of carbonyl (C=O) groups is 1. The Kier molecular flexibility index (Phi) is 3.84. The topological polar surface area (TPSA) is 60.7 Å². The summed E-state index contributed by atoms with van der Waals surface area (Å²) in [6.07, 6.45) is 2.19. The second-order valence-corrected chi connectivity index (χ2v) is 5.24. The van der Waals surface area contributed by atoms with Gasteiger partial charge >= 0.3 is 0 Å². The number of furan rings is 1. The smallest absolute Gasteiger partial charge is 0.255 e. The lowest BCUT2D eigenvalue weighted by Crippen LogP contribution is -2.31. The lowest BCUT2D eigenvalue weighted by Gasteiger charge is -2.10. The second kappa shape index (κ2) is 5.77. The van der Waals surface area contributed by atoms with Crippen LogP contribution in [0, 0.1) is 6.92 Å². The molecule has 0 unspecified atom stereocenters. The monoisotopic (exact) mass is 289 g/mol. The molecule has 0 bridgehead atoms. The van der Waals surface area contributed by atoms with Gasteiger partial charge in [0, 0.05) is 18.5 Å². The number of fused-ring (bicyclic) bond motifs is 1. The highest BCUT2D eigenvalue weighted by Crippen LogP contribution is 2.29. The van der Waals surface area contributed by atoms with Crippen molar-refractivity contribution in [3.63, 3.8) is 0 Å². The first-order chi connectivity index (χ1) is 10.2. The number of amides is 1. The van der Waals surface area contributed by atoms with Crippen LogP contribution in [0.5, 0.6) is 5.75 Å². The minimum atomic E-state index is -0.130. The molecule has 2 heterocycles. The number of benzene rings is 1. The number of carbonyl (C=O) groups excluding carboxylic acids is 1. The van der Waals surface area contributed by atoms with Gasteiger partial charge in [0.25, 0.3) is 5.91 Å². The van der Waals surface area contributed by atoms with Gasteiger partial charge in [-0.05, 0) is 38.0 Å². The number of aryl methyl sites for hydroxylation is 1. The van der Waals surface area contributed by atoms with Gasteiger partial charge in [0.1, 0.15) is 17.1 Å². The van der Waals surface area contributed by atoms with Crippen LogP contribution in [0.2, 0.25) is 0 Å². The van der Waals surface area contributed by atoms with Gasteiger partial charge in [0.2, 0.25) is 0 Å². The molecule has 1 atom stereocenters. The highest BCUT2D eigenvalue weighted by atomic mass is 16.5. The zero-order chi connectivity index (χ0) is 14.8. The molecule has 3 rings (SSSR count). The molecule has 0 aliphatic carbocycles. The molecule has 5 nitrogen and oxygen atoms in total. The molecule has 1 aliphatic heterocycles. The van der Waals surface area contributed by atoms with Crippen molar-refractivity contribution in [2.24, 2.45) is 0 Å². The average Bonchev–Trinajstić information content (AvgIpc) is 3.10. The Bertz CT molecular complexity index is 656. The van der Waals surface area contributed by atoms with Crippen molar-refractivity contribution in [2.45, 2.75) is 25.9 Å². The van der Waals surface area contributed by atoms with Crippen molar-refractivity contribution in [3.8, 4) is 5.75 Å². The number of methoxy groups -OCH3 is 1. The third-order valence-electron chi connectivity index (χ3n) is 3.81. The molecule has 1 saturated heterocycles. The van der Waals surface area contributed by atoms with E-state index in [2.05, 4.69) is 5.32 Å². The van der Waals surface area contributed by atoms with Gasteiger partial charge in [-0.1, -0.05) is 0 Å². The van der Waals surface area contributed by atoms with E-state index < -0.39 is 0 Å². The normalized spacial score (nSPS) is 18.1. The highest BCUT2D eigenvalue weighted by molar-refractivity contribution is 6.07. The van der Waals surface area contributed by atoms with Crippen LogP contribution in [-0.2, 0) is 4.74 Å². The fraction of sp³-hybridized carbons (Fsp3) is 0.438. The van der Waals surface area contributed by atoms with E-state index in [4.69, 9.17) is 13.9 Å². The van der Waals surface area contributed by atoms with E-state index in [1.165, 1.54) is 0 Å². The van der Waals surface area contributed by atoms with Gasteiger partial charge in [0.15, 0.2) is 0 Å². The molecule has 2 aromatic rings. The molecule has 1 aromatic heterocycles. The van der Waals surface area contributed by atoms with Crippen LogP contribution in [0.15, 0.2) is 22.6 Å². The molecule has 1 N–H and O–H groups in total. The molecule has 21 heavy (non-hydrogen) atoms. The van der Waals surface area contributed by atoms with Gasteiger partial charge < -0.3 is 19.2 Å². The van der Waals surface area contributed by atoms with Crippen molar-refractivity contribution >= 4 is 16.9 Å². The van der Waals surface area contributed by atoms with Crippen LogP contribution >= 0.6 is 0 Å². The van der Waals surface area contributed by atoms with Crippen LogP contribution in [0.3, 0.4) is 0 Å². The van der Waals surface area contributed by atoms with Crippen molar-refractivity contribution in [3.05, 3.63) is 29.5 Å². The number of ether oxygens (including phenoxy) is 2. The van der Waals surface area contributed by atoms with Gasteiger partial charge in [0.05, 0.1) is 18.8 Å². The second-order valence-electron chi connectivity index (χ2n) is 5.24. The standard InChI is InChI=1S/C16H19NO4/c1-10-15(16(18)17-9-12-4-3-7-20-12)13-8-11(19-2)5-6-14(13)21-10/h5-6,8,12H,3-4,7,9H2,1-2H3,(H,17,18)/t12-/m0/s1. The Morgan fingerprint density at radius 1 is 1.48 bits per heavy atom. The Morgan fingerprint density at radius 3 is 3.05 bits per heavy atom. The molecular weight excluding hydrogens is 270 g/mol. The number of nitrogens with one attached hydrogen (secondary N) is 1. The number of rotatable bonds is 4. The van der Waals surface area contributed by atoms with Crippen molar-refractivity contribution in [1.29, 1.82) is 0 Å². The first-order valence-corrected chi connectivity index (χ1v) is 7.16. The Hall–Kier alpha value is -2.01. The predicted octanol–water partition coefficient (Wildman–Crippen LogP) is 2.66. The maximum atomic E-state index is 12.4. The Balaban J connectivity index is 1.83. The third-order valence-corrected chi connectivity index (χ3v) is 3.81. The van der Waals surface area contributed by atoms with Gasteiger partial charge in [-0.15, -0.1) is 0 Å². The van der Waals surface area contributed by atoms with Gasteiger partial charge in [-0.2, -0.15) is 0 Å². The quantitative estimate of drug-likeness (QED) is 0.940. The fourth-order valence-electron chi connectivity index (χ4n) is 2.71. The molecule has 1 amide bonds. The van der Waals surface area contributed by atoms with Crippen LogP contribution in [0.25, 0.3) is 11.0 Å². The predicted molar refractivity (Wildman–Crippen MR) is 78.8 cm³/mol. The molecule has 0 spiro atoms. The van der Waals surface area contributed by atoms with Gasteiger partial charge in [-0.3, -0.25) is 4.79 Å². The van der Waals surface area contributed by atoms with Crippen LogP contribution in [0.1, 0.15) is 29.0 Å². The SMILES string of the molecule is COc1ccc2oc(C)c(C(=O)NC[C@@H]3CCCO3)c2c1. The van der Waals surface area contributed by atoms with E-state index in [9.17, 15) is 4.79 Å². The molecule has 0 radical (unpaired) electrons. The summed E-state index contributed by atoms with van der Waals surface area (Å²) in [5.74, 6) is 1.19. The number of hydrogen-bond donors (Lipinski definition) is 1. The molecule has 5 heteroatoms. The van der Waals surface area contributed by atoms with Gasteiger partial charge in [-0.25, -0.2) is 0 Å². The molecule has 1 aromatic carbocycles. The van der Waals surface area contributed by atoms with Crippen molar-refractivity contribution in [1.82, 2.24) is 5.32 Å². The van der Waals surface area contributed by atoms with Crippen molar-refractivity contribution < 1.29 is 18.7 Å². The lowest BCUT2D eigenvalue weighted by molar-refractivity contribution is 0.0857. The van der Waals surface area contributed by atoms with E-state index in [1.54, 1.807) is 14.0 Å². The van der Waals surface area contributed by atoms with Crippen LogP contribution < -0.4 is 10.1 Å². The van der Waals surface area contributed by atoms with E-state index in [-0.39, 0.29) is 12.0 Å². The highest BCUT2D eigenvalue weighted by Gasteiger charge is 2.21. The minimum Gasteiger partial charge on any atom is -0.497 e. The Labute approximate surface area is 123 Å². The lowest BCUT2D eigenvalue weighted by atomic mass is 10.1. The zero-order valence-electron chi connectivity index (χ0n) is 12.3. The summed E-state index contributed by atoms with van der Waals surface area (Å²) in [4.78, 5) is 12.4. The van der Waals surface area contributed by atoms with Crippen molar-refractivity contribution in [2.75, 3.05) is 20.3 Å². The first-order valence-electron chi connectivity index (χ1n) is 7.16. The van der Waals surface area contributed by atoms with E-state index in [1.807, 2.05) is 18.2 Å². The van der Waals surface area contributed by atoms with E-state index in [0.29, 0.717) is 29.2 Å². The molecule has 1 aliphatic rings. The summed E-state index contributed by atoms with van der Waals surface area (Å²) in [6.45, 7) is 3.12. The van der Waals surface area contributed by atoms with E-state index in [0.717, 1.165) is 24.8 Å². The minimum absolute atomic E-state index is 0.127. The fourth-order valence-corrected chi connectivity index (χ4v) is 2.71. The Morgan fingerprint density at radius 2 is 2.33 bits per heavy atom. The van der Waals surface area contributed by atoms with Crippen LogP contribution in [0.4, 0.5) is 0 Å². The molecule has 112 valence electrons. The maximum absolute atomic E-state index is 12.4. The van der Waals surface area contributed by atoms with Crippen LogP contribution in [-0.4, -0.2) is 32.3 Å². The molecule has 0 saturated carbocycles. The molecular formula is C16H19NO4. The third kappa shape index (κ3) is 2.74. The maximum Gasteiger partial charge on any atom is 0.255 e. The summed E-state index contributed by atoms with van der Waals surface area (Å²) >= 11 is 0. The average molecular weight is 289 g/mol. The van der Waals surface area contributed by atoms with E-state index >= 15 is 0 Å². The summed E-state index contributed by atoms with van der Waals surface area (Å²) in [6, 6.07) is 5.46. The zero-order valence-corrected chi connectivity index (χ0v) is 12.3. The number of hydrogen-bond acceptors (Lipinski definition) is 4. The molecule has 1 fully saturated rings. The summed E-state index contributed by atoms with van der Waals surface area (Å²) < 4.78 is 16.4. The first kappa shape index (κ1) is 13.9.